The third kappa shape index (κ3) is 5.24. The van der Waals surface area contributed by atoms with Crippen LogP contribution in [0.5, 0.6) is 0 Å². The van der Waals surface area contributed by atoms with Crippen LogP contribution in [-0.2, 0) is 14.8 Å². The predicted octanol–water partition coefficient (Wildman–Crippen LogP) is 5.07. The van der Waals surface area contributed by atoms with Crippen molar-refractivity contribution in [2.45, 2.75) is 11.8 Å². The SMILES string of the molecule is CCOC(=O)c1ccc(NC(=O)c2cccc(NS(=O)(=O)c3ccc4ccccc4c3)c2)cc1. The second kappa shape index (κ2) is 9.76. The number of fused-ring (bicyclic) bond motifs is 1. The third-order valence-electron chi connectivity index (χ3n) is 5.06. The van der Waals surface area contributed by atoms with Gasteiger partial charge in [0.2, 0.25) is 0 Å². The van der Waals surface area contributed by atoms with E-state index < -0.39 is 21.9 Å². The van der Waals surface area contributed by atoms with Gasteiger partial charge in [-0.1, -0.05) is 36.4 Å². The van der Waals surface area contributed by atoms with Crippen LogP contribution in [-0.4, -0.2) is 26.9 Å². The van der Waals surface area contributed by atoms with Gasteiger partial charge in [-0.25, -0.2) is 13.2 Å². The normalized spacial score (nSPS) is 11.1. The maximum absolute atomic E-state index is 12.9. The van der Waals surface area contributed by atoms with Crippen molar-refractivity contribution >= 4 is 44.0 Å². The quantitative estimate of drug-likeness (QED) is 0.364. The number of rotatable bonds is 7. The first kappa shape index (κ1) is 23.0. The zero-order chi connectivity index (χ0) is 24.1. The van der Waals surface area contributed by atoms with Crippen molar-refractivity contribution in [2.75, 3.05) is 16.6 Å². The molecule has 0 spiro atoms. The van der Waals surface area contributed by atoms with E-state index in [0.29, 0.717) is 11.3 Å². The molecule has 4 aromatic rings. The van der Waals surface area contributed by atoms with E-state index in [-0.39, 0.29) is 22.8 Å². The largest absolute Gasteiger partial charge is 0.462 e. The number of esters is 1. The molecule has 8 heteroatoms. The topological polar surface area (TPSA) is 102 Å². The Hall–Kier alpha value is -4.17. The van der Waals surface area contributed by atoms with Crippen LogP contribution in [0.2, 0.25) is 0 Å². The standard InChI is InChI=1S/C26H22N2O5S/c1-2-33-26(30)19-10-13-22(14-11-19)27-25(29)21-8-5-9-23(16-21)28-34(31,32)24-15-12-18-6-3-4-7-20(18)17-24/h3-17,28H,2H2,1H3,(H,27,29). The van der Waals surface area contributed by atoms with E-state index >= 15 is 0 Å². The lowest BCUT2D eigenvalue weighted by atomic mass is 10.1. The molecule has 0 bridgehead atoms. The van der Waals surface area contributed by atoms with E-state index in [9.17, 15) is 18.0 Å². The first-order chi connectivity index (χ1) is 16.4. The third-order valence-corrected chi connectivity index (χ3v) is 6.44. The van der Waals surface area contributed by atoms with Crippen molar-refractivity contribution in [1.82, 2.24) is 0 Å². The highest BCUT2D eigenvalue weighted by Gasteiger charge is 2.16. The predicted molar refractivity (Wildman–Crippen MR) is 132 cm³/mol. The Labute approximate surface area is 197 Å². The molecule has 0 unspecified atom stereocenters. The summed E-state index contributed by atoms with van der Waals surface area (Å²) in [5.41, 5.74) is 1.40. The minimum atomic E-state index is -3.85. The molecule has 0 saturated carbocycles. The highest BCUT2D eigenvalue weighted by Crippen LogP contribution is 2.22. The lowest BCUT2D eigenvalue weighted by Gasteiger charge is -2.11. The molecule has 0 atom stereocenters. The maximum atomic E-state index is 12.9. The van der Waals surface area contributed by atoms with Gasteiger partial charge in [-0.3, -0.25) is 9.52 Å². The summed E-state index contributed by atoms with van der Waals surface area (Å²) in [6.45, 7) is 2.00. The summed E-state index contributed by atoms with van der Waals surface area (Å²) >= 11 is 0. The van der Waals surface area contributed by atoms with Gasteiger partial charge in [0.15, 0.2) is 0 Å². The Balaban J connectivity index is 1.48. The van der Waals surface area contributed by atoms with Gasteiger partial charge < -0.3 is 10.1 Å². The van der Waals surface area contributed by atoms with E-state index in [0.717, 1.165) is 10.8 Å². The van der Waals surface area contributed by atoms with E-state index in [2.05, 4.69) is 10.0 Å². The van der Waals surface area contributed by atoms with Crippen molar-refractivity contribution < 1.29 is 22.7 Å². The monoisotopic (exact) mass is 474 g/mol. The Morgan fingerprint density at radius 1 is 0.765 bits per heavy atom. The molecule has 0 radical (unpaired) electrons. The summed E-state index contributed by atoms with van der Waals surface area (Å²) < 4.78 is 33.3. The summed E-state index contributed by atoms with van der Waals surface area (Å²) in [7, 11) is -3.85. The highest BCUT2D eigenvalue weighted by molar-refractivity contribution is 7.92. The van der Waals surface area contributed by atoms with Crippen LogP contribution >= 0.6 is 0 Å². The highest BCUT2D eigenvalue weighted by atomic mass is 32.2. The van der Waals surface area contributed by atoms with E-state index in [1.54, 1.807) is 67.6 Å². The minimum absolute atomic E-state index is 0.128. The van der Waals surface area contributed by atoms with Gasteiger partial charge in [-0.05, 0) is 72.3 Å². The molecule has 4 aromatic carbocycles. The van der Waals surface area contributed by atoms with Gasteiger partial charge in [0, 0.05) is 16.9 Å². The summed E-state index contributed by atoms with van der Waals surface area (Å²) in [5, 5.41) is 4.48. The van der Waals surface area contributed by atoms with Gasteiger partial charge in [0.1, 0.15) is 0 Å². The van der Waals surface area contributed by atoms with Crippen LogP contribution in [0.1, 0.15) is 27.6 Å². The van der Waals surface area contributed by atoms with E-state index in [1.807, 2.05) is 24.3 Å². The number of carbonyl (C=O) groups excluding carboxylic acids is 2. The lowest BCUT2D eigenvalue weighted by molar-refractivity contribution is 0.0526. The molecule has 1 amide bonds. The summed E-state index contributed by atoms with van der Waals surface area (Å²) in [5.74, 6) is -0.859. The molecule has 172 valence electrons. The van der Waals surface area contributed by atoms with Gasteiger partial charge >= 0.3 is 5.97 Å². The molecule has 0 aliphatic carbocycles. The Kier molecular flexibility index (Phi) is 6.60. The average molecular weight is 475 g/mol. The van der Waals surface area contributed by atoms with Crippen LogP contribution < -0.4 is 10.0 Å². The zero-order valence-electron chi connectivity index (χ0n) is 18.3. The number of benzene rings is 4. The van der Waals surface area contributed by atoms with Gasteiger partial charge in [-0.2, -0.15) is 0 Å². The molecule has 0 fully saturated rings. The smallest absolute Gasteiger partial charge is 0.338 e. The van der Waals surface area contributed by atoms with Crippen LogP contribution in [0.3, 0.4) is 0 Å². The first-order valence-electron chi connectivity index (χ1n) is 10.6. The number of hydrogen-bond acceptors (Lipinski definition) is 5. The van der Waals surface area contributed by atoms with Crippen LogP contribution in [0.25, 0.3) is 10.8 Å². The number of carbonyl (C=O) groups is 2. The minimum Gasteiger partial charge on any atom is -0.462 e. The fraction of sp³-hybridized carbons (Fsp3) is 0.0769. The van der Waals surface area contributed by atoms with Gasteiger partial charge in [0.25, 0.3) is 15.9 Å². The molecule has 2 N–H and O–H groups in total. The molecule has 34 heavy (non-hydrogen) atoms. The maximum Gasteiger partial charge on any atom is 0.338 e. The molecule has 0 saturated heterocycles. The van der Waals surface area contributed by atoms with Crippen LogP contribution in [0.4, 0.5) is 11.4 Å². The number of ether oxygens (including phenoxy) is 1. The fourth-order valence-corrected chi connectivity index (χ4v) is 4.46. The number of amides is 1. The fourth-order valence-electron chi connectivity index (χ4n) is 3.38. The molecular formula is C26H22N2O5S. The number of nitrogens with one attached hydrogen (secondary N) is 2. The van der Waals surface area contributed by atoms with Gasteiger partial charge in [0.05, 0.1) is 17.1 Å². The summed E-state index contributed by atoms with van der Waals surface area (Å²) in [6, 6.07) is 24.9. The average Bonchev–Trinajstić information content (AvgIpc) is 2.84. The Bertz CT molecular complexity index is 1460. The zero-order valence-corrected chi connectivity index (χ0v) is 19.1. The second-order valence-corrected chi connectivity index (χ2v) is 9.13. The van der Waals surface area contributed by atoms with Gasteiger partial charge in [-0.15, -0.1) is 0 Å². The number of sulfonamides is 1. The Morgan fingerprint density at radius 2 is 1.50 bits per heavy atom. The van der Waals surface area contributed by atoms with Crippen LogP contribution in [0, 0.1) is 0 Å². The number of hydrogen-bond donors (Lipinski definition) is 2. The van der Waals surface area contributed by atoms with Crippen LogP contribution in [0.15, 0.2) is 95.9 Å². The molecule has 0 aliphatic heterocycles. The molecule has 0 aliphatic rings. The molecule has 4 rings (SSSR count). The Morgan fingerprint density at radius 3 is 2.24 bits per heavy atom. The summed E-state index contributed by atoms with van der Waals surface area (Å²) in [6.07, 6.45) is 0. The van der Waals surface area contributed by atoms with Crippen molar-refractivity contribution in [2.24, 2.45) is 0 Å². The molecule has 0 heterocycles. The van der Waals surface area contributed by atoms with E-state index in [1.165, 1.54) is 6.07 Å². The number of anilines is 2. The van der Waals surface area contributed by atoms with Crippen molar-refractivity contribution in [1.29, 1.82) is 0 Å². The first-order valence-corrected chi connectivity index (χ1v) is 12.0. The summed E-state index contributed by atoms with van der Waals surface area (Å²) in [4.78, 5) is 24.6. The second-order valence-electron chi connectivity index (χ2n) is 7.45. The lowest BCUT2D eigenvalue weighted by Crippen LogP contribution is -2.15. The molecule has 7 nitrogen and oxygen atoms in total. The van der Waals surface area contributed by atoms with Crippen molar-refractivity contribution in [3.05, 3.63) is 102 Å². The van der Waals surface area contributed by atoms with Crippen molar-refractivity contribution in [3.8, 4) is 0 Å². The van der Waals surface area contributed by atoms with Crippen molar-refractivity contribution in [3.63, 3.8) is 0 Å². The molecular weight excluding hydrogens is 452 g/mol. The van der Waals surface area contributed by atoms with E-state index in [4.69, 9.17) is 4.74 Å². The molecule has 0 aromatic heterocycles.